The summed E-state index contributed by atoms with van der Waals surface area (Å²) in [5.41, 5.74) is 1.08. The molecule has 1 N–H and O–H groups in total. The van der Waals surface area contributed by atoms with E-state index in [4.69, 9.17) is 0 Å². The first-order valence-corrected chi connectivity index (χ1v) is 7.37. The topological polar surface area (TPSA) is 29.1 Å². The van der Waals surface area contributed by atoms with Gasteiger partial charge in [-0.2, -0.15) is 11.8 Å². The predicted molar refractivity (Wildman–Crippen MR) is 71.7 cm³/mol. The normalized spacial score (nSPS) is 25.1. The van der Waals surface area contributed by atoms with E-state index in [1.54, 1.807) is 0 Å². The SMILES string of the molecule is C=C(C)CCC(=O)NC1CCC(SC)CC1. The highest BCUT2D eigenvalue weighted by atomic mass is 32.2. The molecule has 16 heavy (non-hydrogen) atoms. The van der Waals surface area contributed by atoms with Crippen LogP contribution in [-0.2, 0) is 4.79 Å². The molecule has 0 saturated heterocycles. The number of allylic oxidation sites excluding steroid dienone is 1. The zero-order valence-electron chi connectivity index (χ0n) is 10.4. The maximum absolute atomic E-state index is 11.6. The minimum Gasteiger partial charge on any atom is -0.353 e. The molecule has 3 heteroatoms. The highest BCUT2D eigenvalue weighted by Crippen LogP contribution is 2.26. The second-order valence-electron chi connectivity index (χ2n) is 4.73. The third kappa shape index (κ3) is 5.06. The Kier molecular flexibility index (Phi) is 5.96. The fraction of sp³-hybridized carbons (Fsp3) is 0.769. The van der Waals surface area contributed by atoms with Crippen molar-refractivity contribution in [2.75, 3.05) is 6.26 Å². The van der Waals surface area contributed by atoms with E-state index in [-0.39, 0.29) is 5.91 Å². The zero-order valence-corrected chi connectivity index (χ0v) is 11.2. The summed E-state index contributed by atoms with van der Waals surface area (Å²) in [6.45, 7) is 5.78. The van der Waals surface area contributed by atoms with E-state index in [0.717, 1.165) is 30.1 Å². The monoisotopic (exact) mass is 241 g/mol. The molecule has 0 atom stereocenters. The number of thioether (sulfide) groups is 1. The largest absolute Gasteiger partial charge is 0.353 e. The van der Waals surface area contributed by atoms with Crippen LogP contribution in [0, 0.1) is 0 Å². The summed E-state index contributed by atoms with van der Waals surface area (Å²) >= 11 is 1.96. The molecule has 1 aliphatic carbocycles. The van der Waals surface area contributed by atoms with E-state index in [1.807, 2.05) is 18.7 Å². The molecule has 92 valence electrons. The number of rotatable bonds is 5. The Morgan fingerprint density at radius 2 is 1.94 bits per heavy atom. The van der Waals surface area contributed by atoms with Gasteiger partial charge in [-0.25, -0.2) is 0 Å². The molecule has 0 heterocycles. The van der Waals surface area contributed by atoms with Crippen molar-refractivity contribution in [3.63, 3.8) is 0 Å². The number of hydrogen-bond donors (Lipinski definition) is 1. The van der Waals surface area contributed by atoms with Crippen LogP contribution in [0.3, 0.4) is 0 Å². The van der Waals surface area contributed by atoms with Gasteiger partial charge in [0.2, 0.25) is 5.91 Å². The van der Waals surface area contributed by atoms with Gasteiger partial charge >= 0.3 is 0 Å². The second kappa shape index (κ2) is 7.00. The minimum absolute atomic E-state index is 0.190. The Balaban J connectivity index is 2.18. The first-order valence-electron chi connectivity index (χ1n) is 6.08. The molecule has 1 fully saturated rings. The van der Waals surface area contributed by atoms with Crippen LogP contribution in [0.2, 0.25) is 0 Å². The van der Waals surface area contributed by atoms with Gasteiger partial charge < -0.3 is 5.32 Å². The third-order valence-electron chi connectivity index (χ3n) is 3.15. The van der Waals surface area contributed by atoms with Crippen LogP contribution in [-0.4, -0.2) is 23.5 Å². The highest BCUT2D eigenvalue weighted by molar-refractivity contribution is 7.99. The van der Waals surface area contributed by atoms with E-state index in [2.05, 4.69) is 18.2 Å². The van der Waals surface area contributed by atoms with Gasteiger partial charge in [0.25, 0.3) is 0 Å². The van der Waals surface area contributed by atoms with Crippen molar-refractivity contribution < 1.29 is 4.79 Å². The number of carbonyl (C=O) groups is 1. The van der Waals surface area contributed by atoms with Crippen LogP contribution >= 0.6 is 11.8 Å². The Labute approximate surface area is 103 Å². The number of amides is 1. The molecule has 1 aliphatic rings. The standard InChI is InChI=1S/C13H23NOS/c1-10(2)4-9-13(15)14-11-5-7-12(16-3)8-6-11/h11-12H,1,4-9H2,2-3H3,(H,14,15). The summed E-state index contributed by atoms with van der Waals surface area (Å²) in [6.07, 6.45) is 8.36. The molecule has 2 nitrogen and oxygen atoms in total. The zero-order chi connectivity index (χ0) is 12.0. The lowest BCUT2D eigenvalue weighted by Crippen LogP contribution is -2.37. The molecule has 1 saturated carbocycles. The Bertz CT molecular complexity index is 244. The van der Waals surface area contributed by atoms with Gasteiger partial charge in [-0.05, 0) is 45.3 Å². The molecule has 0 radical (unpaired) electrons. The fourth-order valence-corrected chi connectivity index (χ4v) is 2.81. The molecule has 1 amide bonds. The van der Waals surface area contributed by atoms with Gasteiger partial charge in [-0.3, -0.25) is 4.79 Å². The average molecular weight is 241 g/mol. The van der Waals surface area contributed by atoms with E-state index in [9.17, 15) is 4.79 Å². The lowest BCUT2D eigenvalue weighted by Gasteiger charge is -2.28. The van der Waals surface area contributed by atoms with Gasteiger partial charge in [0.05, 0.1) is 0 Å². The van der Waals surface area contributed by atoms with E-state index in [0.29, 0.717) is 12.5 Å². The van der Waals surface area contributed by atoms with Crippen molar-refractivity contribution in [2.45, 2.75) is 56.7 Å². The van der Waals surface area contributed by atoms with Gasteiger partial charge in [-0.1, -0.05) is 5.57 Å². The molecule has 0 aromatic heterocycles. The number of carbonyl (C=O) groups excluding carboxylic acids is 1. The minimum atomic E-state index is 0.190. The van der Waals surface area contributed by atoms with Crippen LogP contribution in [0.5, 0.6) is 0 Å². The quantitative estimate of drug-likeness (QED) is 0.749. The van der Waals surface area contributed by atoms with Crippen molar-refractivity contribution in [1.82, 2.24) is 5.32 Å². The van der Waals surface area contributed by atoms with E-state index >= 15 is 0 Å². The molecule has 0 unspecified atom stereocenters. The molecule has 0 spiro atoms. The van der Waals surface area contributed by atoms with E-state index < -0.39 is 0 Å². The predicted octanol–water partition coefficient (Wildman–Crippen LogP) is 3.13. The van der Waals surface area contributed by atoms with Gasteiger partial charge in [-0.15, -0.1) is 6.58 Å². The summed E-state index contributed by atoms with van der Waals surface area (Å²) in [5, 5.41) is 3.94. The molecule has 0 aromatic rings. The van der Waals surface area contributed by atoms with Crippen molar-refractivity contribution in [2.24, 2.45) is 0 Å². The van der Waals surface area contributed by atoms with Gasteiger partial charge in [0.15, 0.2) is 0 Å². The van der Waals surface area contributed by atoms with Gasteiger partial charge in [0, 0.05) is 17.7 Å². The molecule has 0 aliphatic heterocycles. The Hall–Kier alpha value is -0.440. The van der Waals surface area contributed by atoms with Crippen molar-refractivity contribution in [1.29, 1.82) is 0 Å². The van der Waals surface area contributed by atoms with Crippen molar-refractivity contribution in [3.05, 3.63) is 12.2 Å². The molecule has 1 rings (SSSR count). The second-order valence-corrected chi connectivity index (χ2v) is 5.87. The summed E-state index contributed by atoms with van der Waals surface area (Å²) in [5.74, 6) is 0.190. The van der Waals surface area contributed by atoms with Crippen LogP contribution in [0.25, 0.3) is 0 Å². The van der Waals surface area contributed by atoms with Crippen molar-refractivity contribution in [3.8, 4) is 0 Å². The third-order valence-corrected chi connectivity index (χ3v) is 4.29. The summed E-state index contributed by atoms with van der Waals surface area (Å²) in [7, 11) is 0. The fourth-order valence-electron chi connectivity index (χ4n) is 2.07. The molecule has 0 aromatic carbocycles. The maximum atomic E-state index is 11.6. The van der Waals surface area contributed by atoms with E-state index in [1.165, 1.54) is 12.8 Å². The molecular weight excluding hydrogens is 218 g/mol. The number of hydrogen-bond acceptors (Lipinski definition) is 2. The first-order chi connectivity index (χ1) is 7.61. The summed E-state index contributed by atoms with van der Waals surface area (Å²) in [4.78, 5) is 11.6. The highest BCUT2D eigenvalue weighted by Gasteiger charge is 2.21. The van der Waals surface area contributed by atoms with Crippen LogP contribution in [0.4, 0.5) is 0 Å². The summed E-state index contributed by atoms with van der Waals surface area (Å²) < 4.78 is 0. The Morgan fingerprint density at radius 3 is 2.44 bits per heavy atom. The summed E-state index contributed by atoms with van der Waals surface area (Å²) in [6, 6.07) is 0.418. The lowest BCUT2D eigenvalue weighted by molar-refractivity contribution is -0.121. The Morgan fingerprint density at radius 1 is 1.31 bits per heavy atom. The number of nitrogens with one attached hydrogen (secondary N) is 1. The lowest BCUT2D eigenvalue weighted by atomic mass is 9.95. The van der Waals surface area contributed by atoms with Crippen LogP contribution in [0.15, 0.2) is 12.2 Å². The molecular formula is C13H23NOS. The van der Waals surface area contributed by atoms with Crippen LogP contribution < -0.4 is 5.32 Å². The maximum Gasteiger partial charge on any atom is 0.220 e. The average Bonchev–Trinajstić information content (AvgIpc) is 2.27. The molecule has 0 bridgehead atoms. The van der Waals surface area contributed by atoms with Crippen LogP contribution in [0.1, 0.15) is 45.4 Å². The van der Waals surface area contributed by atoms with Gasteiger partial charge in [0.1, 0.15) is 0 Å². The first kappa shape index (κ1) is 13.6. The smallest absolute Gasteiger partial charge is 0.220 e. The van der Waals surface area contributed by atoms with Crippen molar-refractivity contribution >= 4 is 17.7 Å².